The zero-order valence-corrected chi connectivity index (χ0v) is 15.3. The standard InChI is InChI=1S/C18H29FN4O/c1-6-20-17(22-10-9-21-16(24)18(3,4)5)23-12-14-8-7-13(2)15(19)11-14/h7-8,11H,6,9-10,12H2,1-5H3,(H,21,24)(H2,20,22,23). The van der Waals surface area contributed by atoms with Gasteiger partial charge in [0.05, 0.1) is 6.54 Å². The lowest BCUT2D eigenvalue weighted by atomic mass is 9.96. The Morgan fingerprint density at radius 2 is 1.83 bits per heavy atom. The van der Waals surface area contributed by atoms with E-state index in [-0.39, 0.29) is 11.7 Å². The van der Waals surface area contributed by atoms with Crippen LogP contribution in [0.5, 0.6) is 0 Å². The van der Waals surface area contributed by atoms with Gasteiger partial charge in [-0.25, -0.2) is 9.38 Å². The summed E-state index contributed by atoms with van der Waals surface area (Å²) in [6, 6.07) is 5.13. The van der Waals surface area contributed by atoms with Gasteiger partial charge in [-0.15, -0.1) is 0 Å². The average Bonchev–Trinajstić information content (AvgIpc) is 2.51. The highest BCUT2D eigenvalue weighted by atomic mass is 19.1. The molecule has 1 aromatic rings. The number of hydrogen-bond donors (Lipinski definition) is 3. The molecule has 24 heavy (non-hydrogen) atoms. The van der Waals surface area contributed by atoms with Crippen LogP contribution in [-0.2, 0) is 11.3 Å². The molecule has 0 aliphatic heterocycles. The summed E-state index contributed by atoms with van der Waals surface area (Å²) in [6.07, 6.45) is 0. The average molecular weight is 336 g/mol. The number of halogens is 1. The second kappa shape index (κ2) is 9.25. The number of guanidine groups is 1. The molecule has 1 rings (SSSR count). The fourth-order valence-corrected chi connectivity index (χ4v) is 1.87. The van der Waals surface area contributed by atoms with Crippen molar-refractivity contribution in [1.29, 1.82) is 0 Å². The van der Waals surface area contributed by atoms with Gasteiger partial charge < -0.3 is 16.0 Å². The van der Waals surface area contributed by atoms with Crippen LogP contribution in [-0.4, -0.2) is 31.5 Å². The largest absolute Gasteiger partial charge is 0.357 e. The summed E-state index contributed by atoms with van der Waals surface area (Å²) in [5.74, 6) is 0.440. The van der Waals surface area contributed by atoms with Crippen molar-refractivity contribution in [2.75, 3.05) is 19.6 Å². The van der Waals surface area contributed by atoms with Crippen molar-refractivity contribution in [3.05, 3.63) is 35.1 Å². The first-order chi connectivity index (χ1) is 11.2. The van der Waals surface area contributed by atoms with E-state index in [0.29, 0.717) is 31.2 Å². The highest BCUT2D eigenvalue weighted by Gasteiger charge is 2.20. The van der Waals surface area contributed by atoms with Crippen molar-refractivity contribution < 1.29 is 9.18 Å². The Kier molecular flexibility index (Phi) is 7.68. The van der Waals surface area contributed by atoms with Gasteiger partial charge in [0, 0.05) is 25.0 Å². The van der Waals surface area contributed by atoms with E-state index in [0.717, 1.165) is 12.1 Å². The van der Waals surface area contributed by atoms with Crippen LogP contribution < -0.4 is 16.0 Å². The van der Waals surface area contributed by atoms with Crippen molar-refractivity contribution in [1.82, 2.24) is 16.0 Å². The molecule has 0 heterocycles. The molecule has 3 N–H and O–H groups in total. The molecule has 0 bridgehead atoms. The van der Waals surface area contributed by atoms with Crippen molar-refractivity contribution in [3.8, 4) is 0 Å². The number of carbonyl (C=O) groups excluding carboxylic acids is 1. The first-order valence-corrected chi connectivity index (χ1v) is 8.29. The van der Waals surface area contributed by atoms with E-state index in [2.05, 4.69) is 20.9 Å². The van der Waals surface area contributed by atoms with E-state index >= 15 is 0 Å². The summed E-state index contributed by atoms with van der Waals surface area (Å²) in [5.41, 5.74) is 1.05. The minimum absolute atomic E-state index is 0.0152. The normalized spacial score (nSPS) is 12.0. The lowest BCUT2D eigenvalue weighted by molar-refractivity contribution is -0.128. The third-order valence-corrected chi connectivity index (χ3v) is 3.38. The summed E-state index contributed by atoms with van der Waals surface area (Å²) < 4.78 is 13.6. The first-order valence-electron chi connectivity index (χ1n) is 8.29. The predicted molar refractivity (Wildman–Crippen MR) is 96.4 cm³/mol. The fourth-order valence-electron chi connectivity index (χ4n) is 1.87. The number of aryl methyl sites for hydroxylation is 1. The van der Waals surface area contributed by atoms with Gasteiger partial charge in [-0.05, 0) is 31.0 Å². The summed E-state index contributed by atoms with van der Waals surface area (Å²) in [4.78, 5) is 16.2. The summed E-state index contributed by atoms with van der Waals surface area (Å²) in [6.45, 7) is 11.5. The monoisotopic (exact) mass is 336 g/mol. The predicted octanol–water partition coefficient (Wildman–Crippen LogP) is 2.35. The zero-order chi connectivity index (χ0) is 18.2. The van der Waals surface area contributed by atoms with Gasteiger partial charge in [0.25, 0.3) is 0 Å². The number of carbonyl (C=O) groups is 1. The van der Waals surface area contributed by atoms with Crippen LogP contribution in [0.15, 0.2) is 23.2 Å². The highest BCUT2D eigenvalue weighted by molar-refractivity contribution is 5.81. The van der Waals surface area contributed by atoms with Crippen LogP contribution in [0.2, 0.25) is 0 Å². The van der Waals surface area contributed by atoms with Crippen molar-refractivity contribution >= 4 is 11.9 Å². The summed E-state index contributed by atoms with van der Waals surface area (Å²) in [5, 5.41) is 9.16. The molecule has 5 nitrogen and oxygen atoms in total. The van der Waals surface area contributed by atoms with E-state index in [4.69, 9.17) is 0 Å². The minimum Gasteiger partial charge on any atom is -0.357 e. The van der Waals surface area contributed by atoms with Crippen LogP contribution in [0, 0.1) is 18.2 Å². The maximum absolute atomic E-state index is 13.6. The van der Waals surface area contributed by atoms with E-state index < -0.39 is 5.41 Å². The molecular weight excluding hydrogens is 307 g/mol. The van der Waals surface area contributed by atoms with Gasteiger partial charge in [-0.1, -0.05) is 32.9 Å². The van der Waals surface area contributed by atoms with Crippen LogP contribution in [0.1, 0.15) is 38.8 Å². The maximum atomic E-state index is 13.6. The topological polar surface area (TPSA) is 65.5 Å². The van der Waals surface area contributed by atoms with Crippen molar-refractivity contribution in [2.24, 2.45) is 10.4 Å². The number of amides is 1. The maximum Gasteiger partial charge on any atom is 0.225 e. The minimum atomic E-state index is -0.395. The molecule has 0 atom stereocenters. The molecule has 0 saturated carbocycles. The lowest BCUT2D eigenvalue weighted by Gasteiger charge is -2.18. The Morgan fingerprint density at radius 3 is 2.42 bits per heavy atom. The Hall–Kier alpha value is -2.11. The molecule has 0 aliphatic rings. The Morgan fingerprint density at radius 1 is 1.17 bits per heavy atom. The molecule has 0 saturated heterocycles. The second-order valence-electron chi connectivity index (χ2n) is 6.71. The third-order valence-electron chi connectivity index (χ3n) is 3.38. The van der Waals surface area contributed by atoms with Crippen LogP contribution in [0.25, 0.3) is 0 Å². The van der Waals surface area contributed by atoms with Gasteiger partial charge in [-0.2, -0.15) is 0 Å². The Bertz CT molecular complexity index is 579. The number of hydrogen-bond acceptors (Lipinski definition) is 2. The summed E-state index contributed by atoms with van der Waals surface area (Å²) in [7, 11) is 0. The molecule has 0 unspecified atom stereocenters. The van der Waals surface area contributed by atoms with E-state index in [9.17, 15) is 9.18 Å². The summed E-state index contributed by atoms with van der Waals surface area (Å²) >= 11 is 0. The molecule has 0 spiro atoms. The number of aliphatic imine (C=N–C) groups is 1. The molecule has 6 heteroatoms. The van der Waals surface area contributed by atoms with Gasteiger partial charge in [0.15, 0.2) is 5.96 Å². The molecule has 0 fully saturated rings. The number of nitrogens with one attached hydrogen (secondary N) is 3. The fraction of sp³-hybridized carbons (Fsp3) is 0.556. The first kappa shape index (κ1) is 19.9. The smallest absolute Gasteiger partial charge is 0.225 e. The van der Waals surface area contributed by atoms with E-state index in [1.54, 1.807) is 13.0 Å². The number of benzene rings is 1. The van der Waals surface area contributed by atoms with Gasteiger partial charge >= 0.3 is 0 Å². The van der Waals surface area contributed by atoms with Crippen molar-refractivity contribution in [3.63, 3.8) is 0 Å². The molecule has 134 valence electrons. The van der Waals surface area contributed by atoms with Crippen LogP contribution >= 0.6 is 0 Å². The molecule has 1 aromatic carbocycles. The zero-order valence-electron chi connectivity index (χ0n) is 15.3. The Balaban J connectivity index is 2.50. The van der Waals surface area contributed by atoms with Gasteiger partial charge in [0.1, 0.15) is 5.82 Å². The van der Waals surface area contributed by atoms with Gasteiger partial charge in [0.2, 0.25) is 5.91 Å². The third kappa shape index (κ3) is 6.98. The molecule has 0 radical (unpaired) electrons. The highest BCUT2D eigenvalue weighted by Crippen LogP contribution is 2.12. The number of nitrogens with zero attached hydrogens (tertiary/aromatic N) is 1. The van der Waals surface area contributed by atoms with Gasteiger partial charge in [-0.3, -0.25) is 4.79 Å². The quantitative estimate of drug-likeness (QED) is 0.424. The molecule has 0 aliphatic carbocycles. The lowest BCUT2D eigenvalue weighted by Crippen LogP contribution is -2.43. The van der Waals surface area contributed by atoms with Crippen LogP contribution in [0.3, 0.4) is 0 Å². The SMILES string of the molecule is CCNC(=NCc1ccc(C)c(F)c1)NCCNC(=O)C(C)(C)C. The second-order valence-corrected chi connectivity index (χ2v) is 6.71. The Labute approximate surface area is 144 Å². The van der Waals surface area contributed by atoms with Crippen molar-refractivity contribution in [2.45, 2.75) is 41.2 Å². The molecule has 1 amide bonds. The molecular formula is C18H29FN4O. The molecule has 0 aromatic heterocycles. The van der Waals surface area contributed by atoms with E-state index in [1.165, 1.54) is 6.07 Å². The van der Waals surface area contributed by atoms with E-state index in [1.807, 2.05) is 33.8 Å². The van der Waals surface area contributed by atoms with Crippen LogP contribution in [0.4, 0.5) is 4.39 Å². The number of rotatable bonds is 6.